The van der Waals surface area contributed by atoms with Crippen LogP contribution in [-0.2, 0) is 26.3 Å². The summed E-state index contributed by atoms with van der Waals surface area (Å²) in [7, 11) is 1.33. The zero-order valence-corrected chi connectivity index (χ0v) is 22.3. The Morgan fingerprint density at radius 1 is 1.00 bits per heavy atom. The molecular formula is C24H39BrFeNO2P. The van der Waals surface area contributed by atoms with E-state index in [-0.39, 0.29) is 25.4 Å². The summed E-state index contributed by atoms with van der Waals surface area (Å²) in [6.07, 6.45) is 14.7. The van der Waals surface area contributed by atoms with Gasteiger partial charge in [0.2, 0.25) is 0 Å². The summed E-state index contributed by atoms with van der Waals surface area (Å²) in [6, 6.07) is 8.63. The van der Waals surface area contributed by atoms with Gasteiger partial charge in [0.1, 0.15) is 8.30 Å². The van der Waals surface area contributed by atoms with Gasteiger partial charge in [-0.25, -0.2) is 0 Å². The second kappa shape index (κ2) is 14.6. The molecule has 2 aliphatic heterocycles. The van der Waals surface area contributed by atoms with E-state index in [4.69, 9.17) is 4.52 Å². The average molecular weight is 540 g/mol. The van der Waals surface area contributed by atoms with Crippen LogP contribution in [0.4, 0.5) is 0 Å². The molecule has 2 heterocycles. The van der Waals surface area contributed by atoms with Gasteiger partial charge in [0.05, 0.1) is 6.10 Å². The van der Waals surface area contributed by atoms with Gasteiger partial charge in [0.25, 0.3) is 0 Å². The molecule has 0 spiro atoms. The molecule has 0 aromatic heterocycles. The Hall–Kier alpha value is 0.529. The molecule has 30 heavy (non-hydrogen) atoms. The SMILES string of the molecule is Brc1ccccc1[C@@H]1OP(N2CCCC2)C2CCCC21.C1CCCC1.CCOC.[Fe]. The maximum Gasteiger partial charge on any atom is 0.108 e. The van der Waals surface area contributed by atoms with E-state index in [0.29, 0.717) is 6.10 Å². The first-order valence-electron chi connectivity index (χ1n) is 11.7. The first-order valence-corrected chi connectivity index (χ1v) is 13.8. The molecule has 1 aromatic carbocycles. The molecular weight excluding hydrogens is 501 g/mol. The predicted octanol–water partition coefficient (Wildman–Crippen LogP) is 7.70. The standard InChI is InChI=1S/C16H21BrNOP.C5H10.C3H8O.Fe/c17-14-8-2-1-6-12(14)16-13-7-5-9-15(13)20(19-16)18-10-3-4-11-18;1-2-4-5-3-1;1-3-4-2;/h1-2,6,8,13,15-16H,3-5,7,9-11H2;1-5H2;3H2,1-2H3;/t13?,15?,16-,20?;;;/m0.../s1. The van der Waals surface area contributed by atoms with Crippen molar-refractivity contribution in [2.45, 2.75) is 82.9 Å². The number of ether oxygens (including phenoxy) is 1. The molecule has 2 saturated heterocycles. The van der Waals surface area contributed by atoms with E-state index in [2.05, 4.69) is 49.6 Å². The first kappa shape index (κ1) is 26.8. The predicted molar refractivity (Wildman–Crippen MR) is 127 cm³/mol. The monoisotopic (exact) mass is 539 g/mol. The Morgan fingerprint density at radius 2 is 1.60 bits per heavy atom. The first-order chi connectivity index (χ1) is 14.3. The summed E-state index contributed by atoms with van der Waals surface area (Å²) in [5, 5.41) is 0. The molecule has 5 rings (SSSR count). The molecule has 2 saturated carbocycles. The average Bonchev–Trinajstić information content (AvgIpc) is 3.55. The van der Waals surface area contributed by atoms with Crippen LogP contribution in [-0.4, -0.2) is 37.1 Å². The van der Waals surface area contributed by atoms with Crippen LogP contribution in [0.25, 0.3) is 0 Å². The molecule has 4 fully saturated rings. The van der Waals surface area contributed by atoms with Crippen LogP contribution < -0.4 is 0 Å². The molecule has 0 radical (unpaired) electrons. The molecule has 2 aliphatic carbocycles. The molecule has 172 valence electrons. The van der Waals surface area contributed by atoms with Gasteiger partial charge < -0.3 is 9.26 Å². The molecule has 3 nitrogen and oxygen atoms in total. The van der Waals surface area contributed by atoms with Crippen LogP contribution in [0.5, 0.6) is 0 Å². The summed E-state index contributed by atoms with van der Waals surface area (Å²) in [5.74, 6) is 0.750. The van der Waals surface area contributed by atoms with Crippen molar-refractivity contribution in [3.8, 4) is 0 Å². The van der Waals surface area contributed by atoms with Crippen molar-refractivity contribution >= 4 is 24.2 Å². The minimum absolute atomic E-state index is 0. The van der Waals surface area contributed by atoms with Crippen molar-refractivity contribution in [2.24, 2.45) is 5.92 Å². The number of halogens is 1. The van der Waals surface area contributed by atoms with Crippen LogP contribution in [0.15, 0.2) is 28.7 Å². The van der Waals surface area contributed by atoms with Crippen LogP contribution >= 0.6 is 24.2 Å². The number of benzene rings is 1. The van der Waals surface area contributed by atoms with E-state index in [9.17, 15) is 0 Å². The van der Waals surface area contributed by atoms with Crippen LogP contribution in [0, 0.1) is 5.92 Å². The number of hydrogen-bond donors (Lipinski definition) is 0. The number of hydrogen-bond acceptors (Lipinski definition) is 3. The van der Waals surface area contributed by atoms with Gasteiger partial charge in [0, 0.05) is 54.0 Å². The van der Waals surface area contributed by atoms with Gasteiger partial charge in [-0.1, -0.05) is 72.7 Å². The van der Waals surface area contributed by atoms with Gasteiger partial charge in [0.15, 0.2) is 0 Å². The van der Waals surface area contributed by atoms with E-state index in [1.165, 1.54) is 87.3 Å². The van der Waals surface area contributed by atoms with E-state index in [1.54, 1.807) is 7.11 Å². The molecule has 0 bridgehead atoms. The Bertz CT molecular complexity index is 589. The number of fused-ring (bicyclic) bond motifs is 1. The number of methoxy groups -OCH3 is 1. The van der Waals surface area contributed by atoms with Gasteiger partial charge in [-0.05, 0) is 50.2 Å². The van der Waals surface area contributed by atoms with Crippen molar-refractivity contribution in [3.05, 3.63) is 34.3 Å². The zero-order chi connectivity index (χ0) is 20.5. The number of rotatable bonds is 3. The molecule has 4 atom stereocenters. The van der Waals surface area contributed by atoms with Crippen molar-refractivity contribution in [2.75, 3.05) is 26.8 Å². The maximum absolute atomic E-state index is 6.64. The van der Waals surface area contributed by atoms with E-state index in [1.807, 2.05) is 6.92 Å². The quantitative estimate of drug-likeness (QED) is 0.290. The van der Waals surface area contributed by atoms with Gasteiger partial charge in [-0.3, -0.25) is 4.67 Å². The van der Waals surface area contributed by atoms with Crippen LogP contribution in [0.1, 0.15) is 82.8 Å². The van der Waals surface area contributed by atoms with E-state index in [0.717, 1.165) is 18.2 Å². The van der Waals surface area contributed by atoms with Crippen molar-refractivity contribution in [1.82, 2.24) is 4.67 Å². The summed E-state index contributed by atoms with van der Waals surface area (Å²) in [5.41, 5.74) is 2.19. The molecule has 1 aromatic rings. The van der Waals surface area contributed by atoms with Crippen molar-refractivity contribution in [3.63, 3.8) is 0 Å². The fourth-order valence-corrected chi connectivity index (χ4v) is 8.36. The van der Waals surface area contributed by atoms with Crippen LogP contribution in [0.3, 0.4) is 0 Å². The largest absolute Gasteiger partial charge is 0.385 e. The third-order valence-electron chi connectivity index (χ3n) is 6.54. The molecule has 0 N–H and O–H groups in total. The Kier molecular flexibility index (Phi) is 13.1. The van der Waals surface area contributed by atoms with Crippen molar-refractivity contribution < 1.29 is 26.3 Å². The Morgan fingerprint density at radius 3 is 2.17 bits per heavy atom. The molecule has 6 heteroatoms. The number of nitrogens with zero attached hydrogens (tertiary/aromatic N) is 1. The van der Waals surface area contributed by atoms with E-state index < -0.39 is 0 Å². The second-order valence-corrected chi connectivity index (χ2v) is 11.4. The molecule has 0 amide bonds. The fraction of sp³-hybridized carbons (Fsp3) is 0.750. The minimum atomic E-state index is -0.349. The van der Waals surface area contributed by atoms with Crippen LogP contribution in [0.2, 0.25) is 0 Å². The minimum Gasteiger partial charge on any atom is -0.385 e. The molecule has 4 aliphatic rings. The Labute approximate surface area is 204 Å². The summed E-state index contributed by atoms with van der Waals surface area (Å²) >= 11 is 3.72. The molecule has 3 unspecified atom stereocenters. The van der Waals surface area contributed by atoms with Gasteiger partial charge in [-0.15, -0.1) is 0 Å². The third-order valence-corrected chi connectivity index (χ3v) is 9.87. The zero-order valence-electron chi connectivity index (χ0n) is 18.7. The normalized spacial score (nSPS) is 30.0. The Balaban J connectivity index is 0.000000270. The summed E-state index contributed by atoms with van der Waals surface area (Å²) < 4.78 is 15.1. The topological polar surface area (TPSA) is 21.7 Å². The van der Waals surface area contributed by atoms with E-state index >= 15 is 0 Å². The smallest absolute Gasteiger partial charge is 0.108 e. The maximum atomic E-state index is 6.64. The van der Waals surface area contributed by atoms with Gasteiger partial charge in [-0.2, -0.15) is 0 Å². The summed E-state index contributed by atoms with van der Waals surface area (Å²) in [6.45, 7) is 5.30. The summed E-state index contributed by atoms with van der Waals surface area (Å²) in [4.78, 5) is 0. The van der Waals surface area contributed by atoms with Gasteiger partial charge >= 0.3 is 0 Å². The van der Waals surface area contributed by atoms with Crippen molar-refractivity contribution in [1.29, 1.82) is 0 Å². The third kappa shape index (κ3) is 7.27. The fourth-order valence-electron chi connectivity index (χ4n) is 4.92. The second-order valence-electron chi connectivity index (χ2n) is 8.52.